The highest BCUT2D eigenvalue weighted by molar-refractivity contribution is 6.00. The number of guanidine groups is 1. The van der Waals surface area contributed by atoms with E-state index in [-0.39, 0.29) is 11.9 Å². The molecule has 1 unspecified atom stereocenters. The Hall–Kier alpha value is -1.23. The van der Waals surface area contributed by atoms with E-state index in [2.05, 4.69) is 27.3 Å². The molecule has 0 aromatic rings. The summed E-state index contributed by atoms with van der Waals surface area (Å²) in [5.74, 6) is 0.241. The van der Waals surface area contributed by atoms with Crippen molar-refractivity contribution in [2.24, 2.45) is 15.4 Å². The minimum absolute atomic E-state index is 0.0493. The number of aliphatic imine (C=N–C) groups is 2. The zero-order valence-corrected chi connectivity index (χ0v) is 8.92. The number of carbonyl (C=O) groups is 1. The molecule has 1 atom stereocenters. The maximum atomic E-state index is 11.7. The predicted octanol–water partition coefficient (Wildman–Crippen LogP) is -0.0689. The number of rotatable bonds is 1. The van der Waals surface area contributed by atoms with Gasteiger partial charge < -0.3 is 5.32 Å². The van der Waals surface area contributed by atoms with Gasteiger partial charge in [-0.15, -0.1) is 0 Å². The van der Waals surface area contributed by atoms with Gasteiger partial charge in [-0.1, -0.05) is 0 Å². The van der Waals surface area contributed by atoms with Crippen LogP contribution < -0.4 is 10.6 Å². The molecule has 1 aliphatic carbocycles. The summed E-state index contributed by atoms with van der Waals surface area (Å²) >= 11 is 0. The van der Waals surface area contributed by atoms with E-state index < -0.39 is 0 Å². The predicted molar refractivity (Wildman–Crippen MR) is 59.1 cm³/mol. The standard InChI is InChI=1S/C10H16N4O/c1-11-9(12-2)14-8(15)7-5-10(3-4-10)6-13-7/h7,13H,1,3-6H2,2H3,(H,12,14,15). The second-order valence-corrected chi connectivity index (χ2v) is 4.33. The fraction of sp³-hybridized carbons (Fsp3) is 0.700. The molecule has 82 valence electrons. The molecule has 1 amide bonds. The first-order valence-corrected chi connectivity index (χ1v) is 5.17. The molecule has 2 fully saturated rings. The minimum atomic E-state index is -0.0917. The maximum absolute atomic E-state index is 11.7. The lowest BCUT2D eigenvalue weighted by Crippen LogP contribution is -2.42. The van der Waals surface area contributed by atoms with Crippen molar-refractivity contribution in [3.8, 4) is 0 Å². The monoisotopic (exact) mass is 208 g/mol. The normalized spacial score (nSPS) is 27.8. The van der Waals surface area contributed by atoms with Crippen LogP contribution in [0.25, 0.3) is 0 Å². The van der Waals surface area contributed by atoms with E-state index in [9.17, 15) is 4.79 Å². The maximum Gasteiger partial charge on any atom is 0.243 e. The molecule has 0 radical (unpaired) electrons. The van der Waals surface area contributed by atoms with Crippen molar-refractivity contribution in [3.63, 3.8) is 0 Å². The highest BCUT2D eigenvalue weighted by Crippen LogP contribution is 2.51. The van der Waals surface area contributed by atoms with Gasteiger partial charge in [-0.2, -0.15) is 0 Å². The SMILES string of the molecule is C=NC(=NC)NC(=O)C1CC2(CC2)CN1. The van der Waals surface area contributed by atoms with Crippen LogP contribution in [0.2, 0.25) is 0 Å². The fourth-order valence-electron chi connectivity index (χ4n) is 2.02. The van der Waals surface area contributed by atoms with E-state index in [0.29, 0.717) is 11.4 Å². The average Bonchev–Trinajstić information content (AvgIpc) is 2.85. The summed E-state index contributed by atoms with van der Waals surface area (Å²) < 4.78 is 0. The van der Waals surface area contributed by atoms with Crippen molar-refractivity contribution in [2.45, 2.75) is 25.3 Å². The van der Waals surface area contributed by atoms with Crippen LogP contribution in [0.15, 0.2) is 9.98 Å². The van der Waals surface area contributed by atoms with E-state index in [0.717, 1.165) is 13.0 Å². The molecule has 0 bridgehead atoms. The third-order valence-electron chi connectivity index (χ3n) is 3.23. The van der Waals surface area contributed by atoms with Gasteiger partial charge in [0.1, 0.15) is 0 Å². The molecule has 2 N–H and O–H groups in total. The molecule has 5 heteroatoms. The molecule has 1 spiro atoms. The Balaban J connectivity index is 1.89. The van der Waals surface area contributed by atoms with E-state index in [4.69, 9.17) is 0 Å². The van der Waals surface area contributed by atoms with E-state index in [1.165, 1.54) is 12.8 Å². The van der Waals surface area contributed by atoms with E-state index in [1.807, 2.05) is 0 Å². The Bertz CT molecular complexity index is 319. The van der Waals surface area contributed by atoms with Gasteiger partial charge in [0.05, 0.1) is 6.04 Å². The smallest absolute Gasteiger partial charge is 0.243 e. The van der Waals surface area contributed by atoms with Crippen LogP contribution >= 0.6 is 0 Å². The van der Waals surface area contributed by atoms with Crippen molar-refractivity contribution in [1.82, 2.24) is 10.6 Å². The van der Waals surface area contributed by atoms with Crippen LogP contribution in [-0.2, 0) is 4.79 Å². The van der Waals surface area contributed by atoms with Crippen LogP contribution in [-0.4, -0.2) is 38.2 Å². The summed E-state index contributed by atoms with van der Waals surface area (Å²) in [6.07, 6.45) is 3.43. The second-order valence-electron chi connectivity index (χ2n) is 4.33. The highest BCUT2D eigenvalue weighted by atomic mass is 16.2. The van der Waals surface area contributed by atoms with Gasteiger partial charge in [0.2, 0.25) is 11.9 Å². The number of carbonyl (C=O) groups excluding carboxylic acids is 1. The first kappa shape index (κ1) is 10.3. The van der Waals surface area contributed by atoms with Gasteiger partial charge in [-0.05, 0) is 31.4 Å². The van der Waals surface area contributed by atoms with Gasteiger partial charge in [0.25, 0.3) is 0 Å². The largest absolute Gasteiger partial charge is 0.305 e. The van der Waals surface area contributed by atoms with E-state index >= 15 is 0 Å². The Kier molecular flexibility index (Phi) is 2.56. The molecule has 0 aromatic heterocycles. The number of amides is 1. The molecule has 5 nitrogen and oxygen atoms in total. The summed E-state index contributed by atoms with van der Waals surface area (Å²) in [5.41, 5.74) is 0.424. The number of nitrogens with one attached hydrogen (secondary N) is 2. The molecular formula is C10H16N4O. The van der Waals surface area contributed by atoms with Crippen LogP contribution in [0.3, 0.4) is 0 Å². The Labute approximate surface area is 89.1 Å². The molecule has 1 saturated carbocycles. The summed E-state index contributed by atoms with van der Waals surface area (Å²) in [6.45, 7) is 4.30. The third kappa shape index (κ3) is 2.07. The highest BCUT2D eigenvalue weighted by Gasteiger charge is 2.49. The zero-order valence-electron chi connectivity index (χ0n) is 8.92. The molecule has 1 saturated heterocycles. The number of hydrogen-bond acceptors (Lipinski definition) is 3. The quantitative estimate of drug-likeness (QED) is 0.468. The summed E-state index contributed by atoms with van der Waals surface area (Å²) in [7, 11) is 1.58. The first-order chi connectivity index (χ1) is 7.19. The molecule has 15 heavy (non-hydrogen) atoms. The fourth-order valence-corrected chi connectivity index (χ4v) is 2.02. The molecule has 1 heterocycles. The van der Waals surface area contributed by atoms with Crippen LogP contribution in [0.1, 0.15) is 19.3 Å². The second kappa shape index (κ2) is 3.73. The number of hydrogen-bond donors (Lipinski definition) is 2. The average molecular weight is 208 g/mol. The third-order valence-corrected chi connectivity index (χ3v) is 3.23. The van der Waals surface area contributed by atoms with Crippen molar-refractivity contribution in [1.29, 1.82) is 0 Å². The first-order valence-electron chi connectivity index (χ1n) is 5.17. The molecule has 2 rings (SSSR count). The summed E-state index contributed by atoms with van der Waals surface area (Å²) in [5, 5.41) is 5.88. The molecule has 0 aromatic carbocycles. The van der Waals surface area contributed by atoms with Crippen LogP contribution in [0, 0.1) is 5.41 Å². The topological polar surface area (TPSA) is 65.8 Å². The lowest BCUT2D eigenvalue weighted by atomic mass is 10.0. The van der Waals surface area contributed by atoms with Crippen LogP contribution in [0.4, 0.5) is 0 Å². The molecular weight excluding hydrogens is 192 g/mol. The zero-order chi connectivity index (χ0) is 10.9. The lowest BCUT2D eigenvalue weighted by Gasteiger charge is -2.10. The molecule has 2 aliphatic rings. The van der Waals surface area contributed by atoms with Gasteiger partial charge in [-0.3, -0.25) is 15.1 Å². The van der Waals surface area contributed by atoms with Gasteiger partial charge in [0, 0.05) is 13.6 Å². The minimum Gasteiger partial charge on any atom is -0.305 e. The van der Waals surface area contributed by atoms with E-state index in [1.54, 1.807) is 7.05 Å². The van der Waals surface area contributed by atoms with Gasteiger partial charge in [0.15, 0.2) is 0 Å². The Morgan fingerprint density at radius 3 is 2.80 bits per heavy atom. The lowest BCUT2D eigenvalue weighted by molar-refractivity contribution is -0.121. The van der Waals surface area contributed by atoms with Crippen molar-refractivity contribution >= 4 is 18.6 Å². The van der Waals surface area contributed by atoms with Crippen molar-refractivity contribution in [3.05, 3.63) is 0 Å². The van der Waals surface area contributed by atoms with Crippen LogP contribution in [0.5, 0.6) is 0 Å². The van der Waals surface area contributed by atoms with Crippen molar-refractivity contribution < 1.29 is 4.79 Å². The van der Waals surface area contributed by atoms with Gasteiger partial charge >= 0.3 is 0 Å². The Morgan fingerprint density at radius 2 is 2.33 bits per heavy atom. The summed E-state index contributed by atoms with van der Waals surface area (Å²) in [4.78, 5) is 19.2. The van der Waals surface area contributed by atoms with Gasteiger partial charge in [-0.25, -0.2) is 4.99 Å². The summed E-state index contributed by atoms with van der Waals surface area (Å²) in [6, 6.07) is -0.0917. The Morgan fingerprint density at radius 1 is 1.60 bits per heavy atom. The molecule has 1 aliphatic heterocycles. The van der Waals surface area contributed by atoms with Crippen molar-refractivity contribution in [2.75, 3.05) is 13.6 Å². The number of nitrogens with zero attached hydrogens (tertiary/aromatic N) is 2.